The number of benzene rings is 1. The summed E-state index contributed by atoms with van der Waals surface area (Å²) in [6.45, 7) is 10.1. The SMILES string of the molecule is Cc1cc2c(cc1C)C13C[C@H](C)[C@@H](C)[C@@H]1CC(=O)N3CC2. The van der Waals surface area contributed by atoms with Crippen LogP contribution in [0.4, 0.5) is 0 Å². The first-order valence-corrected chi connectivity index (χ1v) is 8.36. The molecule has 1 amide bonds. The van der Waals surface area contributed by atoms with E-state index in [9.17, 15) is 4.79 Å². The van der Waals surface area contributed by atoms with Gasteiger partial charge in [-0.15, -0.1) is 0 Å². The number of carbonyl (C=O) groups is 1. The van der Waals surface area contributed by atoms with Crippen molar-refractivity contribution < 1.29 is 4.79 Å². The van der Waals surface area contributed by atoms with Crippen LogP contribution in [0, 0.1) is 31.6 Å². The van der Waals surface area contributed by atoms with E-state index in [0.29, 0.717) is 23.7 Å². The van der Waals surface area contributed by atoms with Crippen LogP contribution < -0.4 is 0 Å². The molecular formula is C19H25NO. The Kier molecular flexibility index (Phi) is 2.62. The van der Waals surface area contributed by atoms with Crippen molar-refractivity contribution in [2.45, 2.75) is 52.5 Å². The van der Waals surface area contributed by atoms with E-state index in [1.165, 1.54) is 22.3 Å². The third kappa shape index (κ3) is 1.51. The van der Waals surface area contributed by atoms with Crippen LogP contribution in [0.25, 0.3) is 0 Å². The van der Waals surface area contributed by atoms with Gasteiger partial charge in [0, 0.05) is 13.0 Å². The lowest BCUT2D eigenvalue weighted by Gasteiger charge is -2.45. The van der Waals surface area contributed by atoms with Gasteiger partial charge in [0.1, 0.15) is 0 Å². The summed E-state index contributed by atoms with van der Waals surface area (Å²) in [5.41, 5.74) is 5.75. The average molecular weight is 283 g/mol. The van der Waals surface area contributed by atoms with Gasteiger partial charge in [-0.05, 0) is 66.7 Å². The van der Waals surface area contributed by atoms with E-state index >= 15 is 0 Å². The minimum absolute atomic E-state index is 0.0158. The molecule has 1 aromatic carbocycles. The van der Waals surface area contributed by atoms with E-state index in [0.717, 1.165) is 25.8 Å². The molecular weight excluding hydrogens is 258 g/mol. The summed E-state index contributed by atoms with van der Waals surface area (Å²) in [4.78, 5) is 14.8. The molecule has 1 spiro atoms. The first-order valence-electron chi connectivity index (χ1n) is 8.36. The number of amides is 1. The van der Waals surface area contributed by atoms with Gasteiger partial charge in [-0.3, -0.25) is 4.79 Å². The monoisotopic (exact) mass is 283 g/mol. The lowest BCUT2D eigenvalue weighted by Crippen LogP contribution is -2.49. The normalized spacial score (nSPS) is 37.4. The molecule has 1 aliphatic carbocycles. The molecule has 0 aromatic heterocycles. The number of fused-ring (bicyclic) bond motifs is 1. The number of hydrogen-bond donors (Lipinski definition) is 0. The van der Waals surface area contributed by atoms with Crippen LogP contribution in [-0.2, 0) is 16.8 Å². The highest BCUT2D eigenvalue weighted by atomic mass is 16.2. The Morgan fingerprint density at radius 1 is 1.19 bits per heavy atom. The summed E-state index contributed by atoms with van der Waals surface area (Å²) in [5.74, 6) is 2.26. The third-order valence-electron chi connectivity index (χ3n) is 6.75. The molecule has 2 heteroatoms. The quantitative estimate of drug-likeness (QED) is 0.712. The summed E-state index contributed by atoms with van der Waals surface area (Å²) in [5, 5.41) is 0. The summed E-state index contributed by atoms with van der Waals surface area (Å²) in [6, 6.07) is 4.78. The Morgan fingerprint density at radius 2 is 1.90 bits per heavy atom. The molecule has 2 heterocycles. The minimum atomic E-state index is 0.0158. The van der Waals surface area contributed by atoms with Crippen molar-refractivity contribution in [3.8, 4) is 0 Å². The van der Waals surface area contributed by atoms with Crippen LogP contribution in [-0.4, -0.2) is 17.4 Å². The van der Waals surface area contributed by atoms with Gasteiger partial charge in [-0.2, -0.15) is 0 Å². The highest BCUT2D eigenvalue weighted by Gasteiger charge is 2.62. The molecule has 0 bridgehead atoms. The number of hydrogen-bond acceptors (Lipinski definition) is 1. The fourth-order valence-corrected chi connectivity index (χ4v) is 5.34. The van der Waals surface area contributed by atoms with Gasteiger partial charge >= 0.3 is 0 Å². The van der Waals surface area contributed by atoms with Crippen LogP contribution in [0.3, 0.4) is 0 Å². The summed E-state index contributed by atoms with van der Waals surface area (Å²) >= 11 is 0. The molecule has 0 radical (unpaired) electrons. The Balaban J connectivity index is 1.96. The third-order valence-corrected chi connectivity index (χ3v) is 6.75. The van der Waals surface area contributed by atoms with Crippen LogP contribution in [0.5, 0.6) is 0 Å². The van der Waals surface area contributed by atoms with Crippen molar-refractivity contribution in [3.05, 3.63) is 34.4 Å². The molecule has 4 atom stereocenters. The Morgan fingerprint density at radius 3 is 2.67 bits per heavy atom. The topological polar surface area (TPSA) is 20.3 Å². The number of carbonyl (C=O) groups excluding carboxylic acids is 1. The lowest BCUT2D eigenvalue weighted by atomic mass is 9.73. The zero-order chi connectivity index (χ0) is 14.9. The molecule has 1 unspecified atom stereocenters. The zero-order valence-corrected chi connectivity index (χ0v) is 13.6. The molecule has 2 fully saturated rings. The lowest BCUT2D eigenvalue weighted by molar-refractivity contribution is -0.132. The van der Waals surface area contributed by atoms with E-state index in [4.69, 9.17) is 0 Å². The first-order chi connectivity index (χ1) is 9.95. The van der Waals surface area contributed by atoms with Crippen LogP contribution >= 0.6 is 0 Å². The van der Waals surface area contributed by atoms with Crippen LogP contribution in [0.15, 0.2) is 12.1 Å². The van der Waals surface area contributed by atoms with Crippen molar-refractivity contribution in [1.29, 1.82) is 0 Å². The zero-order valence-electron chi connectivity index (χ0n) is 13.6. The van der Waals surface area contributed by atoms with Gasteiger partial charge in [0.25, 0.3) is 0 Å². The van der Waals surface area contributed by atoms with E-state index in [2.05, 4.69) is 44.7 Å². The van der Waals surface area contributed by atoms with Gasteiger partial charge in [-0.1, -0.05) is 26.0 Å². The molecule has 3 aliphatic rings. The summed E-state index contributed by atoms with van der Waals surface area (Å²) < 4.78 is 0. The largest absolute Gasteiger partial charge is 0.332 e. The maximum atomic E-state index is 12.6. The molecule has 1 aromatic rings. The second-order valence-electron chi connectivity index (χ2n) is 7.66. The number of nitrogens with zero attached hydrogens (tertiary/aromatic N) is 1. The van der Waals surface area contributed by atoms with Crippen LogP contribution in [0.2, 0.25) is 0 Å². The number of rotatable bonds is 0. The smallest absolute Gasteiger partial charge is 0.223 e. The number of aryl methyl sites for hydroxylation is 2. The Labute approximate surface area is 127 Å². The molecule has 0 N–H and O–H groups in total. The molecule has 112 valence electrons. The summed E-state index contributed by atoms with van der Waals surface area (Å²) in [7, 11) is 0. The fourth-order valence-electron chi connectivity index (χ4n) is 5.34. The molecule has 4 rings (SSSR count). The maximum absolute atomic E-state index is 12.6. The Hall–Kier alpha value is -1.31. The molecule has 21 heavy (non-hydrogen) atoms. The van der Waals surface area contributed by atoms with Gasteiger partial charge in [0.15, 0.2) is 0 Å². The van der Waals surface area contributed by atoms with Crippen molar-refractivity contribution in [3.63, 3.8) is 0 Å². The minimum Gasteiger partial charge on any atom is -0.332 e. The van der Waals surface area contributed by atoms with E-state index < -0.39 is 0 Å². The van der Waals surface area contributed by atoms with Gasteiger partial charge in [0.2, 0.25) is 5.91 Å². The van der Waals surface area contributed by atoms with Crippen molar-refractivity contribution in [1.82, 2.24) is 4.90 Å². The standard InChI is InChI=1S/C19H25NO/c1-11-7-15-5-6-20-18(21)9-16-14(4)13(3)10-19(16,20)17(15)8-12(11)2/h7-8,13-14,16H,5-6,9-10H2,1-4H3/t13-,14+,16-,19?/m0/s1. The average Bonchev–Trinajstić information content (AvgIpc) is 2.84. The van der Waals surface area contributed by atoms with Crippen molar-refractivity contribution in [2.75, 3.05) is 6.54 Å². The van der Waals surface area contributed by atoms with E-state index in [1.807, 2.05) is 0 Å². The maximum Gasteiger partial charge on any atom is 0.223 e. The Bertz CT molecular complexity index is 635. The van der Waals surface area contributed by atoms with E-state index in [1.54, 1.807) is 0 Å². The highest BCUT2D eigenvalue weighted by Crippen LogP contribution is 2.60. The van der Waals surface area contributed by atoms with E-state index in [-0.39, 0.29) is 5.54 Å². The van der Waals surface area contributed by atoms with Gasteiger partial charge in [-0.25, -0.2) is 0 Å². The molecule has 1 saturated carbocycles. The predicted octanol–water partition coefficient (Wildman–Crippen LogP) is 3.58. The van der Waals surface area contributed by atoms with Crippen LogP contribution in [0.1, 0.15) is 48.9 Å². The highest BCUT2D eigenvalue weighted by molar-refractivity contribution is 5.82. The van der Waals surface area contributed by atoms with Gasteiger partial charge < -0.3 is 4.90 Å². The first kappa shape index (κ1) is 13.4. The van der Waals surface area contributed by atoms with Gasteiger partial charge in [0.05, 0.1) is 5.54 Å². The van der Waals surface area contributed by atoms with Crippen molar-refractivity contribution >= 4 is 5.91 Å². The molecule has 2 nitrogen and oxygen atoms in total. The summed E-state index contributed by atoms with van der Waals surface area (Å²) in [6.07, 6.45) is 2.94. The fraction of sp³-hybridized carbons (Fsp3) is 0.632. The molecule has 1 saturated heterocycles. The van der Waals surface area contributed by atoms with Crippen molar-refractivity contribution in [2.24, 2.45) is 17.8 Å². The second kappa shape index (κ2) is 4.12. The second-order valence-corrected chi connectivity index (χ2v) is 7.66. The molecule has 2 aliphatic heterocycles. The predicted molar refractivity (Wildman–Crippen MR) is 84.1 cm³/mol.